The SMILES string of the molecule is CC(C)(C)NC(=O)C(=O)[C@H](C[C@@H]1CCCC1=O)NC(=O)[C@@H](CC(=O)c1ccc2c(c1)C=CC2)Cc1ccccc1. The van der Waals surface area contributed by atoms with Crippen LogP contribution in [0, 0.1) is 11.8 Å². The van der Waals surface area contributed by atoms with Gasteiger partial charge in [0.15, 0.2) is 5.78 Å². The van der Waals surface area contributed by atoms with Gasteiger partial charge in [-0.05, 0) is 75.6 Å². The Morgan fingerprint density at radius 1 is 1.02 bits per heavy atom. The van der Waals surface area contributed by atoms with Crippen LogP contribution in [0.25, 0.3) is 6.08 Å². The Morgan fingerprint density at radius 3 is 2.45 bits per heavy atom. The van der Waals surface area contributed by atoms with Crippen LogP contribution in [0.1, 0.15) is 79.9 Å². The fraction of sp³-hybridized carbons (Fsp3) is 0.424. The minimum atomic E-state index is -1.15. The number of hydrogen-bond donors (Lipinski definition) is 2. The van der Waals surface area contributed by atoms with Gasteiger partial charge < -0.3 is 10.6 Å². The summed E-state index contributed by atoms with van der Waals surface area (Å²) in [6, 6.07) is 13.8. The maximum Gasteiger partial charge on any atom is 0.290 e. The molecular weight excluding hydrogens is 504 g/mol. The van der Waals surface area contributed by atoms with Gasteiger partial charge in [0.2, 0.25) is 11.7 Å². The number of nitrogens with one attached hydrogen (secondary N) is 2. The lowest BCUT2D eigenvalue weighted by molar-refractivity contribution is -0.141. The maximum atomic E-state index is 13.7. The summed E-state index contributed by atoms with van der Waals surface area (Å²) in [4.78, 5) is 65.6. The van der Waals surface area contributed by atoms with E-state index >= 15 is 0 Å². The number of hydrogen-bond acceptors (Lipinski definition) is 5. The minimum Gasteiger partial charge on any atom is -0.345 e. The van der Waals surface area contributed by atoms with Gasteiger partial charge in [-0.15, -0.1) is 0 Å². The average molecular weight is 543 g/mol. The molecular formula is C33H38N2O5. The number of allylic oxidation sites excluding steroid dienone is 1. The molecule has 0 radical (unpaired) electrons. The molecule has 0 unspecified atom stereocenters. The van der Waals surface area contributed by atoms with Crippen LogP contribution in [0.3, 0.4) is 0 Å². The molecule has 3 atom stereocenters. The number of carbonyl (C=O) groups is 5. The van der Waals surface area contributed by atoms with E-state index in [0.29, 0.717) is 24.8 Å². The van der Waals surface area contributed by atoms with Gasteiger partial charge >= 0.3 is 0 Å². The summed E-state index contributed by atoms with van der Waals surface area (Å²) < 4.78 is 0. The Kier molecular flexibility index (Phi) is 9.13. The standard InChI is InChI=1S/C33H38N2O5/c1-33(2,3)35-32(40)30(38)27(19-24-13-8-14-28(24)36)34-31(39)26(17-21-9-5-4-6-10-21)20-29(37)25-16-15-22-11-7-12-23(22)18-25/h4-7,9-10,12,15-16,18,24,26-27H,8,11,13-14,17,19-20H2,1-3H3,(H,34,39)(H,35,40)/t24-,26+,27-/m0/s1. The monoisotopic (exact) mass is 542 g/mol. The zero-order valence-electron chi connectivity index (χ0n) is 23.5. The number of benzene rings is 2. The minimum absolute atomic E-state index is 0.0463. The van der Waals surface area contributed by atoms with Gasteiger partial charge in [-0.1, -0.05) is 54.6 Å². The van der Waals surface area contributed by atoms with E-state index in [0.717, 1.165) is 29.5 Å². The first kappa shape index (κ1) is 29.1. The predicted octanol–water partition coefficient (Wildman–Crippen LogP) is 4.42. The van der Waals surface area contributed by atoms with E-state index in [9.17, 15) is 24.0 Å². The summed E-state index contributed by atoms with van der Waals surface area (Å²) in [5, 5.41) is 5.45. The van der Waals surface area contributed by atoms with Gasteiger partial charge in [-0.25, -0.2) is 0 Å². The van der Waals surface area contributed by atoms with Crippen LogP contribution in [0.15, 0.2) is 54.6 Å². The van der Waals surface area contributed by atoms with Crippen molar-refractivity contribution in [2.45, 2.75) is 77.3 Å². The van der Waals surface area contributed by atoms with Crippen LogP contribution < -0.4 is 10.6 Å². The molecule has 4 rings (SSSR count). The summed E-state index contributed by atoms with van der Waals surface area (Å²) in [7, 11) is 0. The fourth-order valence-electron chi connectivity index (χ4n) is 5.42. The van der Waals surface area contributed by atoms with E-state index in [1.165, 1.54) is 0 Å². The van der Waals surface area contributed by atoms with E-state index in [2.05, 4.69) is 10.6 Å². The van der Waals surface area contributed by atoms with E-state index in [1.54, 1.807) is 26.8 Å². The Labute approximate surface area is 235 Å². The third kappa shape index (κ3) is 7.62. The molecule has 0 bridgehead atoms. The van der Waals surface area contributed by atoms with Crippen LogP contribution in [-0.4, -0.2) is 40.7 Å². The second-order valence-corrected chi connectivity index (χ2v) is 12.0. The maximum absolute atomic E-state index is 13.7. The molecule has 0 aliphatic heterocycles. The van der Waals surface area contributed by atoms with Gasteiger partial charge in [0.1, 0.15) is 5.78 Å². The van der Waals surface area contributed by atoms with E-state index < -0.39 is 35.1 Å². The molecule has 2 aromatic rings. The zero-order chi connectivity index (χ0) is 28.9. The van der Waals surface area contributed by atoms with Crippen LogP contribution in [0.5, 0.6) is 0 Å². The van der Waals surface area contributed by atoms with E-state index in [1.807, 2.05) is 54.6 Å². The smallest absolute Gasteiger partial charge is 0.290 e. The summed E-state index contributed by atoms with van der Waals surface area (Å²) in [6.45, 7) is 5.30. The topological polar surface area (TPSA) is 109 Å². The van der Waals surface area contributed by atoms with Gasteiger partial charge in [-0.3, -0.25) is 24.0 Å². The molecule has 2 amide bonds. The molecule has 0 saturated heterocycles. The first-order valence-corrected chi connectivity index (χ1v) is 14.1. The van der Waals surface area contributed by atoms with Crippen molar-refractivity contribution < 1.29 is 24.0 Å². The molecule has 2 aliphatic carbocycles. The Bertz CT molecular complexity index is 1320. The Morgan fingerprint density at radius 2 is 1.77 bits per heavy atom. The molecule has 2 aliphatic rings. The van der Waals surface area contributed by atoms with Crippen molar-refractivity contribution >= 4 is 35.2 Å². The highest BCUT2D eigenvalue weighted by molar-refractivity contribution is 6.38. The normalized spacial score (nSPS) is 17.7. The second-order valence-electron chi connectivity index (χ2n) is 12.0. The number of fused-ring (bicyclic) bond motifs is 1. The number of amides is 2. The van der Waals surface area contributed by atoms with Crippen molar-refractivity contribution in [3.63, 3.8) is 0 Å². The van der Waals surface area contributed by atoms with Crippen molar-refractivity contribution in [1.82, 2.24) is 10.6 Å². The molecule has 0 spiro atoms. The van der Waals surface area contributed by atoms with Gasteiger partial charge in [0.05, 0.1) is 6.04 Å². The van der Waals surface area contributed by atoms with E-state index in [-0.39, 0.29) is 30.3 Å². The fourth-order valence-corrected chi connectivity index (χ4v) is 5.42. The van der Waals surface area contributed by atoms with E-state index in [4.69, 9.17) is 0 Å². The van der Waals surface area contributed by atoms with Crippen molar-refractivity contribution in [3.8, 4) is 0 Å². The van der Waals surface area contributed by atoms with Crippen molar-refractivity contribution in [1.29, 1.82) is 0 Å². The lowest BCUT2D eigenvalue weighted by Crippen LogP contribution is -2.53. The number of ketones is 3. The molecule has 7 nitrogen and oxygen atoms in total. The molecule has 7 heteroatoms. The highest BCUT2D eigenvalue weighted by Crippen LogP contribution is 2.27. The quantitative estimate of drug-likeness (QED) is 0.323. The summed E-state index contributed by atoms with van der Waals surface area (Å²) in [6.07, 6.45) is 6.98. The zero-order valence-corrected chi connectivity index (χ0v) is 23.5. The molecule has 40 heavy (non-hydrogen) atoms. The number of rotatable bonds is 11. The molecule has 2 N–H and O–H groups in total. The van der Waals surface area contributed by atoms with Crippen LogP contribution in [0.4, 0.5) is 0 Å². The third-order valence-corrected chi connectivity index (χ3v) is 7.53. The number of carbonyl (C=O) groups excluding carboxylic acids is 5. The largest absolute Gasteiger partial charge is 0.345 e. The van der Waals surface area contributed by atoms with Crippen molar-refractivity contribution in [2.75, 3.05) is 0 Å². The highest BCUT2D eigenvalue weighted by Gasteiger charge is 2.36. The average Bonchev–Trinajstić information content (AvgIpc) is 3.55. The first-order chi connectivity index (χ1) is 19.0. The van der Waals surface area contributed by atoms with Gasteiger partial charge in [-0.2, -0.15) is 0 Å². The molecule has 1 saturated carbocycles. The summed E-state index contributed by atoms with van der Waals surface area (Å²) >= 11 is 0. The van der Waals surface area contributed by atoms with Crippen LogP contribution >= 0.6 is 0 Å². The lowest BCUT2D eigenvalue weighted by Gasteiger charge is -2.25. The third-order valence-electron chi connectivity index (χ3n) is 7.53. The van der Waals surface area contributed by atoms with Gasteiger partial charge in [0, 0.05) is 35.8 Å². The summed E-state index contributed by atoms with van der Waals surface area (Å²) in [5.41, 5.74) is 2.94. The molecule has 2 aromatic carbocycles. The first-order valence-electron chi connectivity index (χ1n) is 14.1. The van der Waals surface area contributed by atoms with Gasteiger partial charge in [0.25, 0.3) is 5.91 Å². The van der Waals surface area contributed by atoms with Crippen LogP contribution in [-0.2, 0) is 32.0 Å². The number of Topliss-reactive ketones (excluding diaryl/α,β-unsaturated/α-hetero) is 3. The molecule has 210 valence electrons. The predicted molar refractivity (Wildman–Crippen MR) is 154 cm³/mol. The molecule has 1 fully saturated rings. The lowest BCUT2D eigenvalue weighted by atomic mass is 9.89. The summed E-state index contributed by atoms with van der Waals surface area (Å²) in [5.74, 6) is -3.33. The van der Waals surface area contributed by atoms with Crippen LogP contribution in [0.2, 0.25) is 0 Å². The Balaban J connectivity index is 1.56. The molecule has 0 aromatic heterocycles. The van der Waals surface area contributed by atoms with Crippen molar-refractivity contribution in [3.05, 3.63) is 76.9 Å². The second kappa shape index (κ2) is 12.5. The van der Waals surface area contributed by atoms with Crippen molar-refractivity contribution in [2.24, 2.45) is 11.8 Å². The Hall–Kier alpha value is -3.87. The molecule has 0 heterocycles. The highest BCUT2D eigenvalue weighted by atomic mass is 16.2.